The van der Waals surface area contributed by atoms with Crippen molar-refractivity contribution in [2.75, 3.05) is 57.1 Å². The van der Waals surface area contributed by atoms with Gasteiger partial charge in [0.05, 0.1) is 22.1 Å². The number of halogens is 1. The van der Waals surface area contributed by atoms with E-state index < -0.39 is 24.1 Å². The number of alkyl halides is 1. The van der Waals surface area contributed by atoms with Gasteiger partial charge in [-0.2, -0.15) is 0 Å². The summed E-state index contributed by atoms with van der Waals surface area (Å²) >= 11 is 8.12. The molecule has 6 heterocycles. The maximum absolute atomic E-state index is 14.5. The molecule has 6 amide bonds. The highest BCUT2D eigenvalue weighted by atomic mass is 35.5. The molecule has 4 N–H and O–H groups in total. The molecule has 18 nitrogen and oxygen atoms in total. The molecule has 0 saturated carbocycles. The van der Waals surface area contributed by atoms with E-state index in [2.05, 4.69) is 25.5 Å². The van der Waals surface area contributed by atoms with Gasteiger partial charge in [0.2, 0.25) is 11.8 Å². The summed E-state index contributed by atoms with van der Waals surface area (Å²) in [6.45, 7) is 9.13. The van der Waals surface area contributed by atoms with Crippen LogP contribution in [0.2, 0.25) is 0 Å². The van der Waals surface area contributed by atoms with E-state index in [1.807, 2.05) is 99.9 Å². The SMILES string of the molecule is Cc1csc2c(OC(=O)N3CCN(C)CC3)cc3c(c12)[C@H](CCl)CN3C(=O)c1cc2cc(CC(=O)c3cc4cc(CC(=O)CCC(=O)[C@H](CC(C)C)NC(=O)[C@H](Cc5ccccc5)NC(=O)CCCCCN5C(=O)C=CC5=O)ccc4[nH]3)ccc2[nH]1. The van der Waals surface area contributed by atoms with Crippen LogP contribution >= 0.6 is 22.9 Å². The molecular weight excluding hydrogens is 1130 g/mol. The largest absolute Gasteiger partial charge is 0.415 e. The number of thiophene rings is 1. The second-order valence-electron chi connectivity index (χ2n) is 23.3. The number of fused-ring (bicyclic) bond motifs is 5. The topological polar surface area (TPSA) is 231 Å². The number of carbonyl (C=O) groups excluding carboxylic acids is 9. The molecule has 0 radical (unpaired) electrons. The summed E-state index contributed by atoms with van der Waals surface area (Å²) in [6.07, 6.45) is 4.32. The van der Waals surface area contributed by atoms with E-state index in [1.54, 1.807) is 28.0 Å². The summed E-state index contributed by atoms with van der Waals surface area (Å²) < 4.78 is 6.95. The Labute approximate surface area is 507 Å². The maximum Gasteiger partial charge on any atom is 0.415 e. The number of carbonyl (C=O) groups is 9. The zero-order chi connectivity index (χ0) is 60.8. The Kier molecular flexibility index (Phi) is 19.1. The molecular formula is C66H71ClN8O10S. The van der Waals surface area contributed by atoms with E-state index in [0.29, 0.717) is 79.6 Å². The van der Waals surface area contributed by atoms with Crippen LogP contribution in [0.15, 0.2) is 102 Å². The van der Waals surface area contributed by atoms with Crippen LogP contribution in [0.4, 0.5) is 10.5 Å². The van der Waals surface area contributed by atoms with Gasteiger partial charge in [0.25, 0.3) is 17.7 Å². The van der Waals surface area contributed by atoms with Crippen molar-refractivity contribution in [3.8, 4) is 5.75 Å². The summed E-state index contributed by atoms with van der Waals surface area (Å²) in [5.41, 5.74) is 7.12. The number of hydrogen-bond donors (Lipinski definition) is 4. The van der Waals surface area contributed by atoms with E-state index >= 15 is 0 Å². The molecule has 3 aromatic heterocycles. The second-order valence-corrected chi connectivity index (χ2v) is 24.5. The van der Waals surface area contributed by atoms with E-state index in [0.717, 1.165) is 72.1 Å². The van der Waals surface area contributed by atoms with Gasteiger partial charge in [-0.05, 0) is 109 Å². The minimum absolute atomic E-state index is 0.0280. The number of benzene rings is 4. The normalized spacial score (nSPS) is 15.9. The van der Waals surface area contributed by atoms with E-state index in [4.69, 9.17) is 16.3 Å². The Hall–Kier alpha value is -8.26. The zero-order valence-corrected chi connectivity index (χ0v) is 50.4. The highest BCUT2D eigenvalue weighted by Gasteiger charge is 2.38. The van der Waals surface area contributed by atoms with Crippen LogP contribution in [-0.2, 0) is 48.0 Å². The minimum atomic E-state index is -0.973. The fourth-order valence-corrected chi connectivity index (χ4v) is 13.0. The molecule has 86 heavy (non-hydrogen) atoms. The van der Waals surface area contributed by atoms with Crippen LogP contribution in [0.3, 0.4) is 0 Å². The lowest BCUT2D eigenvalue weighted by Crippen LogP contribution is -2.52. The average Bonchev–Trinajstić information content (AvgIpc) is 1.69. The average molecular weight is 1200 g/mol. The third-order valence-corrected chi connectivity index (χ3v) is 17.8. The number of hydrogen-bond acceptors (Lipinski definition) is 12. The third kappa shape index (κ3) is 14.2. The van der Waals surface area contributed by atoms with Gasteiger partial charge in [-0.15, -0.1) is 22.9 Å². The highest BCUT2D eigenvalue weighted by molar-refractivity contribution is 7.17. The number of H-pyrrole nitrogens is 2. The number of amides is 6. The third-order valence-electron chi connectivity index (χ3n) is 16.4. The summed E-state index contributed by atoms with van der Waals surface area (Å²) in [5, 5.41) is 10.3. The fourth-order valence-electron chi connectivity index (χ4n) is 11.7. The molecule has 1 saturated heterocycles. The van der Waals surface area contributed by atoms with Gasteiger partial charge in [0, 0.05) is 135 Å². The van der Waals surface area contributed by atoms with Crippen molar-refractivity contribution < 1.29 is 47.9 Å². The molecule has 10 rings (SSSR count). The number of piperazine rings is 1. The number of aromatic amines is 2. The van der Waals surface area contributed by atoms with Crippen molar-refractivity contribution in [3.05, 3.63) is 142 Å². The van der Waals surface area contributed by atoms with Gasteiger partial charge in [-0.3, -0.25) is 43.3 Å². The van der Waals surface area contributed by atoms with Gasteiger partial charge < -0.3 is 40.0 Å². The smallest absolute Gasteiger partial charge is 0.409 e. The quantitative estimate of drug-likeness (QED) is 0.0182. The highest BCUT2D eigenvalue weighted by Crippen LogP contribution is 2.49. The van der Waals surface area contributed by atoms with Gasteiger partial charge >= 0.3 is 6.09 Å². The lowest BCUT2D eigenvalue weighted by molar-refractivity contribution is -0.137. The van der Waals surface area contributed by atoms with Crippen molar-refractivity contribution >= 4 is 113 Å². The Balaban J connectivity index is 0.738. The van der Waals surface area contributed by atoms with Crippen LogP contribution < -0.4 is 20.3 Å². The first-order valence-corrected chi connectivity index (χ1v) is 30.9. The van der Waals surface area contributed by atoms with Crippen molar-refractivity contribution in [1.29, 1.82) is 0 Å². The molecule has 7 aromatic rings. The van der Waals surface area contributed by atoms with Crippen LogP contribution in [0.25, 0.3) is 31.9 Å². The number of nitrogens with zero attached hydrogens (tertiary/aromatic N) is 4. The molecule has 0 spiro atoms. The number of ether oxygens (including phenoxy) is 1. The molecule has 20 heteroatoms. The number of anilines is 1. The number of aromatic nitrogens is 2. The monoisotopic (exact) mass is 1200 g/mol. The molecule has 3 aliphatic heterocycles. The van der Waals surface area contributed by atoms with E-state index in [-0.39, 0.29) is 97.9 Å². The van der Waals surface area contributed by atoms with Crippen molar-refractivity contribution in [2.24, 2.45) is 5.92 Å². The first-order valence-electron chi connectivity index (χ1n) is 29.5. The number of ketones is 3. The summed E-state index contributed by atoms with van der Waals surface area (Å²) in [5.74, 6) is -1.82. The molecule has 0 aliphatic carbocycles. The molecule has 3 atom stereocenters. The minimum Gasteiger partial charge on any atom is -0.409 e. The standard InChI is InChI=1S/C66H71ClN8O10S/c1-39(2)27-50(71-64(82)52(31-41-11-7-5-8-12-41)70-58(79)13-9-6-10-22-74-59(80)20-21-60(74)81)55(77)19-16-47(76)30-42-14-17-48-44(28-42)33-51(68-48)56(78)32-43-15-18-49-45(29-43)34-53(69-49)65(83)75-37-46(36-67)62-54(75)35-57(63-61(62)40(3)38-86-63)85-66(84)73-25-23-72(4)24-26-73/h5,7-8,11-12,14-15,17-18,20-21,28-29,33-35,38-39,46,50,52,68-69H,6,9-10,13,16,19,22-27,30-32,36-37H2,1-4H3,(H,70,79)(H,71,82)/t46-,50+,52+/m1/s1. The Bertz CT molecular complexity index is 3780. The first-order chi connectivity index (χ1) is 41.4. The molecule has 4 aromatic carbocycles. The van der Waals surface area contributed by atoms with Crippen LogP contribution in [0.5, 0.6) is 5.75 Å². The number of imide groups is 1. The van der Waals surface area contributed by atoms with Crippen molar-refractivity contribution in [3.63, 3.8) is 0 Å². The molecule has 0 unspecified atom stereocenters. The van der Waals surface area contributed by atoms with Gasteiger partial charge in [0.1, 0.15) is 17.5 Å². The fraction of sp³-hybridized carbons (Fsp3) is 0.379. The van der Waals surface area contributed by atoms with Crippen LogP contribution in [-0.4, -0.2) is 142 Å². The molecule has 448 valence electrons. The lowest BCUT2D eigenvalue weighted by atomic mass is 9.95. The molecule has 1 fully saturated rings. The summed E-state index contributed by atoms with van der Waals surface area (Å²) in [7, 11) is 2.02. The number of aryl methyl sites for hydroxylation is 1. The Morgan fingerprint density at radius 2 is 1.42 bits per heavy atom. The predicted molar refractivity (Wildman–Crippen MR) is 332 cm³/mol. The Morgan fingerprint density at radius 1 is 0.744 bits per heavy atom. The second kappa shape index (κ2) is 27.0. The number of Topliss-reactive ketones (excluding diaryl/α,β-unsaturated/α-hetero) is 3. The van der Waals surface area contributed by atoms with Crippen molar-refractivity contribution in [2.45, 2.75) is 103 Å². The van der Waals surface area contributed by atoms with Crippen molar-refractivity contribution in [1.82, 2.24) is 35.3 Å². The summed E-state index contributed by atoms with van der Waals surface area (Å²) in [6, 6.07) is 23.8. The van der Waals surface area contributed by atoms with Crippen LogP contribution in [0, 0.1) is 12.8 Å². The molecule has 0 bridgehead atoms. The van der Waals surface area contributed by atoms with Gasteiger partial charge in [-0.1, -0.05) is 62.7 Å². The molecule has 3 aliphatic rings. The van der Waals surface area contributed by atoms with Crippen LogP contribution in [0.1, 0.15) is 114 Å². The predicted octanol–water partition coefficient (Wildman–Crippen LogP) is 9.53. The van der Waals surface area contributed by atoms with E-state index in [1.165, 1.54) is 23.5 Å². The number of likely N-dealkylation sites (N-methyl/N-ethyl adjacent to an activating group) is 1. The number of unbranched alkanes of at least 4 members (excludes halogenated alkanes) is 2. The zero-order valence-electron chi connectivity index (χ0n) is 48.8. The Morgan fingerprint density at radius 3 is 2.10 bits per heavy atom. The van der Waals surface area contributed by atoms with E-state index in [9.17, 15) is 43.2 Å². The number of rotatable bonds is 25. The van der Waals surface area contributed by atoms with Gasteiger partial charge in [-0.25, -0.2) is 4.79 Å². The number of nitrogens with one attached hydrogen (secondary N) is 4. The lowest BCUT2D eigenvalue weighted by Gasteiger charge is -2.31. The maximum atomic E-state index is 14.5. The van der Waals surface area contributed by atoms with Gasteiger partial charge in [0.15, 0.2) is 17.3 Å². The first kappa shape index (κ1) is 60.8. The summed E-state index contributed by atoms with van der Waals surface area (Å²) in [4.78, 5) is 133.